The van der Waals surface area contributed by atoms with E-state index >= 15 is 0 Å². The predicted molar refractivity (Wildman–Crippen MR) is 69.5 cm³/mol. The summed E-state index contributed by atoms with van der Waals surface area (Å²) in [7, 11) is -2.91. The van der Waals surface area contributed by atoms with E-state index in [0.29, 0.717) is 25.7 Å². The van der Waals surface area contributed by atoms with Gasteiger partial charge in [-0.2, -0.15) is 0 Å². The van der Waals surface area contributed by atoms with Crippen LogP contribution in [0.5, 0.6) is 0 Å². The summed E-state index contributed by atoms with van der Waals surface area (Å²) in [6.07, 6.45) is 7.03. The van der Waals surface area contributed by atoms with Gasteiger partial charge in [-0.3, -0.25) is 9.13 Å². The second kappa shape index (κ2) is 5.27. The Kier molecular flexibility index (Phi) is 3.91. The highest BCUT2D eigenvalue weighted by atomic mass is 32.2. The van der Waals surface area contributed by atoms with E-state index in [1.165, 1.54) is 6.26 Å². The van der Waals surface area contributed by atoms with Crippen LogP contribution < -0.4 is 11.0 Å². The Morgan fingerprint density at radius 1 is 1.33 bits per heavy atom. The lowest BCUT2D eigenvalue weighted by Crippen LogP contribution is -2.30. The highest BCUT2D eigenvalue weighted by Crippen LogP contribution is 2.33. The van der Waals surface area contributed by atoms with E-state index in [1.807, 2.05) is 6.20 Å². The standard InChI is InChI=1S/C11H19N3O3S/c1-18(16,17)9-5-12-4-6-13-7-8-14(11(13)15)10-2-3-10/h7-8,10,12H,2-6,9H2,1H3. The Hall–Kier alpha value is -1.08. The van der Waals surface area contributed by atoms with E-state index in [2.05, 4.69) is 5.32 Å². The lowest BCUT2D eigenvalue weighted by molar-refractivity contribution is 0.570. The van der Waals surface area contributed by atoms with Crippen molar-refractivity contribution >= 4 is 9.84 Å². The van der Waals surface area contributed by atoms with E-state index in [1.54, 1.807) is 15.3 Å². The van der Waals surface area contributed by atoms with E-state index in [0.717, 1.165) is 12.8 Å². The van der Waals surface area contributed by atoms with Gasteiger partial charge in [0.2, 0.25) is 0 Å². The molecule has 0 unspecified atom stereocenters. The van der Waals surface area contributed by atoms with Crippen LogP contribution in [0.2, 0.25) is 0 Å². The first kappa shape index (κ1) is 13.4. The van der Waals surface area contributed by atoms with Gasteiger partial charge in [0, 0.05) is 44.3 Å². The molecule has 18 heavy (non-hydrogen) atoms. The Morgan fingerprint density at radius 2 is 2.06 bits per heavy atom. The van der Waals surface area contributed by atoms with E-state index < -0.39 is 9.84 Å². The molecule has 0 saturated heterocycles. The number of rotatable bonds is 7. The fourth-order valence-corrected chi connectivity index (χ4v) is 2.33. The van der Waals surface area contributed by atoms with Crippen LogP contribution in [0.15, 0.2) is 17.2 Å². The van der Waals surface area contributed by atoms with Crippen molar-refractivity contribution < 1.29 is 8.42 Å². The fraction of sp³-hybridized carbons (Fsp3) is 0.727. The van der Waals surface area contributed by atoms with Crippen molar-refractivity contribution in [1.82, 2.24) is 14.5 Å². The van der Waals surface area contributed by atoms with E-state index in [-0.39, 0.29) is 11.4 Å². The molecule has 0 radical (unpaired) electrons. The molecule has 1 aromatic rings. The first-order valence-corrected chi connectivity index (χ1v) is 8.19. The van der Waals surface area contributed by atoms with Crippen molar-refractivity contribution in [3.63, 3.8) is 0 Å². The summed E-state index contributed by atoms with van der Waals surface area (Å²) >= 11 is 0. The maximum absolute atomic E-state index is 11.9. The summed E-state index contributed by atoms with van der Waals surface area (Å²) in [6.45, 7) is 1.60. The molecule has 1 fully saturated rings. The fourth-order valence-electron chi connectivity index (χ4n) is 1.81. The normalized spacial score (nSPS) is 16.1. The van der Waals surface area contributed by atoms with E-state index in [9.17, 15) is 13.2 Å². The predicted octanol–water partition coefficient (Wildman–Crippen LogP) is -0.381. The molecule has 1 heterocycles. The SMILES string of the molecule is CS(=O)(=O)CCNCCn1ccn(C2CC2)c1=O. The van der Waals surface area contributed by atoms with Gasteiger partial charge < -0.3 is 5.32 Å². The number of nitrogens with one attached hydrogen (secondary N) is 1. The minimum absolute atomic E-state index is 0.0300. The molecule has 2 rings (SSSR count). The van der Waals surface area contributed by atoms with Gasteiger partial charge in [-0.1, -0.05) is 0 Å². The molecular formula is C11H19N3O3S. The van der Waals surface area contributed by atoms with Crippen molar-refractivity contribution in [2.45, 2.75) is 25.4 Å². The number of nitrogens with zero attached hydrogens (tertiary/aromatic N) is 2. The third-order valence-electron chi connectivity index (χ3n) is 2.99. The minimum atomic E-state index is -2.91. The molecule has 0 spiro atoms. The van der Waals surface area contributed by atoms with Gasteiger partial charge in [-0.15, -0.1) is 0 Å². The molecule has 1 aliphatic rings. The van der Waals surface area contributed by atoms with Crippen molar-refractivity contribution in [3.05, 3.63) is 22.9 Å². The number of aromatic nitrogens is 2. The summed E-state index contributed by atoms with van der Waals surface area (Å²) in [5.74, 6) is 0.130. The zero-order valence-corrected chi connectivity index (χ0v) is 11.3. The highest BCUT2D eigenvalue weighted by molar-refractivity contribution is 7.90. The first-order valence-electron chi connectivity index (χ1n) is 6.13. The summed E-state index contributed by atoms with van der Waals surface area (Å²) in [4.78, 5) is 11.9. The first-order chi connectivity index (χ1) is 8.47. The largest absolute Gasteiger partial charge is 0.328 e. The summed E-state index contributed by atoms with van der Waals surface area (Å²) < 4.78 is 25.2. The smallest absolute Gasteiger partial charge is 0.314 e. The van der Waals surface area contributed by atoms with Gasteiger partial charge in [-0.25, -0.2) is 13.2 Å². The molecule has 1 saturated carbocycles. The average Bonchev–Trinajstić information content (AvgIpc) is 3.03. The number of hydrogen-bond acceptors (Lipinski definition) is 4. The minimum Gasteiger partial charge on any atom is -0.314 e. The maximum atomic E-state index is 11.9. The molecular weight excluding hydrogens is 254 g/mol. The molecule has 0 aromatic carbocycles. The molecule has 7 heteroatoms. The summed E-state index contributed by atoms with van der Waals surface area (Å²) in [6, 6.07) is 0.400. The number of sulfone groups is 1. The van der Waals surface area contributed by atoms with Crippen LogP contribution in [0.25, 0.3) is 0 Å². The quantitative estimate of drug-likeness (QED) is 0.687. The molecule has 0 atom stereocenters. The van der Waals surface area contributed by atoms with Crippen molar-refractivity contribution in [3.8, 4) is 0 Å². The molecule has 102 valence electrons. The molecule has 6 nitrogen and oxygen atoms in total. The van der Waals surface area contributed by atoms with Crippen molar-refractivity contribution in [2.24, 2.45) is 0 Å². The van der Waals surface area contributed by atoms with Gasteiger partial charge in [0.1, 0.15) is 9.84 Å². The third kappa shape index (κ3) is 3.71. The van der Waals surface area contributed by atoms with Crippen LogP contribution in [-0.2, 0) is 16.4 Å². The summed E-state index contributed by atoms with van der Waals surface area (Å²) in [5.41, 5.74) is 0.0300. The van der Waals surface area contributed by atoms with Gasteiger partial charge >= 0.3 is 5.69 Å². The van der Waals surface area contributed by atoms with Crippen LogP contribution >= 0.6 is 0 Å². The average molecular weight is 273 g/mol. The Morgan fingerprint density at radius 3 is 2.67 bits per heavy atom. The molecule has 1 aromatic heterocycles. The van der Waals surface area contributed by atoms with Crippen LogP contribution in [0, 0.1) is 0 Å². The van der Waals surface area contributed by atoms with Crippen LogP contribution in [-0.4, -0.2) is 42.7 Å². The molecule has 1 N–H and O–H groups in total. The Balaban J connectivity index is 1.75. The van der Waals surface area contributed by atoms with Gasteiger partial charge in [0.05, 0.1) is 5.75 Å². The monoisotopic (exact) mass is 273 g/mol. The Labute approximate surface area is 107 Å². The zero-order chi connectivity index (χ0) is 13.2. The lowest BCUT2D eigenvalue weighted by atomic mass is 10.6. The Bertz CT molecular complexity index is 554. The van der Waals surface area contributed by atoms with Gasteiger partial charge in [-0.05, 0) is 12.8 Å². The number of imidazole rings is 1. The zero-order valence-electron chi connectivity index (χ0n) is 10.5. The van der Waals surface area contributed by atoms with Crippen LogP contribution in [0.3, 0.4) is 0 Å². The van der Waals surface area contributed by atoms with E-state index in [4.69, 9.17) is 0 Å². The topological polar surface area (TPSA) is 73.1 Å². The van der Waals surface area contributed by atoms with Crippen LogP contribution in [0.1, 0.15) is 18.9 Å². The van der Waals surface area contributed by atoms with Crippen molar-refractivity contribution in [2.75, 3.05) is 25.1 Å². The molecule has 1 aliphatic carbocycles. The van der Waals surface area contributed by atoms with Gasteiger partial charge in [0.25, 0.3) is 0 Å². The second-order valence-corrected chi connectivity index (χ2v) is 7.05. The number of hydrogen-bond donors (Lipinski definition) is 1. The lowest BCUT2D eigenvalue weighted by Gasteiger charge is -2.04. The third-order valence-corrected chi connectivity index (χ3v) is 3.94. The van der Waals surface area contributed by atoms with Crippen LogP contribution in [0.4, 0.5) is 0 Å². The summed E-state index contributed by atoms with van der Waals surface area (Å²) in [5, 5.41) is 3.02. The highest BCUT2D eigenvalue weighted by Gasteiger charge is 2.25. The van der Waals surface area contributed by atoms with Crippen molar-refractivity contribution in [1.29, 1.82) is 0 Å². The molecule has 0 bridgehead atoms. The van der Waals surface area contributed by atoms with Gasteiger partial charge in [0.15, 0.2) is 0 Å². The molecule has 0 aliphatic heterocycles. The maximum Gasteiger partial charge on any atom is 0.328 e. The molecule has 0 amide bonds. The second-order valence-electron chi connectivity index (χ2n) is 4.79.